The van der Waals surface area contributed by atoms with Crippen LogP contribution in [0.5, 0.6) is 5.75 Å². The average Bonchev–Trinajstić information content (AvgIpc) is 2.60. The number of nitrogens with zero attached hydrogens (tertiary/aromatic N) is 1. The van der Waals surface area contributed by atoms with E-state index in [1.165, 1.54) is 31.4 Å². The quantitative estimate of drug-likeness (QED) is 0.870. The van der Waals surface area contributed by atoms with E-state index in [9.17, 15) is 13.2 Å². The van der Waals surface area contributed by atoms with Gasteiger partial charge in [0.1, 0.15) is 5.75 Å². The summed E-state index contributed by atoms with van der Waals surface area (Å²) in [5.41, 5.74) is 0.793. The fourth-order valence-electron chi connectivity index (χ4n) is 2.07. The summed E-state index contributed by atoms with van der Waals surface area (Å²) in [6, 6.07) is 12.6. The summed E-state index contributed by atoms with van der Waals surface area (Å²) in [4.78, 5) is 13.7. The number of rotatable bonds is 6. The molecule has 1 N–H and O–H groups in total. The lowest BCUT2D eigenvalue weighted by molar-refractivity contribution is 0.0802. The van der Waals surface area contributed by atoms with Crippen molar-refractivity contribution in [2.24, 2.45) is 0 Å². The number of amides is 1. The molecule has 128 valence electrons. The average molecular weight is 348 g/mol. The van der Waals surface area contributed by atoms with E-state index < -0.39 is 10.0 Å². The van der Waals surface area contributed by atoms with Crippen LogP contribution < -0.4 is 9.46 Å². The number of hydrogen-bond acceptors (Lipinski definition) is 4. The molecule has 0 aliphatic carbocycles. The number of sulfonamides is 1. The van der Waals surface area contributed by atoms with Crippen molar-refractivity contribution in [1.82, 2.24) is 4.90 Å². The maximum absolute atomic E-state index is 12.5. The monoisotopic (exact) mass is 348 g/mol. The topological polar surface area (TPSA) is 75.7 Å². The van der Waals surface area contributed by atoms with Gasteiger partial charge in [-0.3, -0.25) is 9.52 Å². The summed E-state index contributed by atoms with van der Waals surface area (Å²) in [7, 11) is -0.608. The van der Waals surface area contributed by atoms with E-state index >= 15 is 0 Å². The molecule has 6 nitrogen and oxygen atoms in total. The van der Waals surface area contributed by atoms with Gasteiger partial charge in [-0.2, -0.15) is 0 Å². The van der Waals surface area contributed by atoms with Crippen molar-refractivity contribution in [2.75, 3.05) is 25.4 Å². The lowest BCUT2D eigenvalue weighted by Crippen LogP contribution is -2.26. The third kappa shape index (κ3) is 3.86. The van der Waals surface area contributed by atoms with Gasteiger partial charge in [0.05, 0.1) is 17.7 Å². The Hall–Kier alpha value is -2.54. The van der Waals surface area contributed by atoms with Crippen LogP contribution in [0.1, 0.15) is 17.3 Å². The van der Waals surface area contributed by atoms with Gasteiger partial charge in [0, 0.05) is 19.2 Å². The SMILES string of the molecule is CCN(C)C(=O)c1ccc(S(=O)(=O)Nc2ccccc2OC)cc1. The van der Waals surface area contributed by atoms with E-state index in [1.54, 1.807) is 36.2 Å². The van der Waals surface area contributed by atoms with Gasteiger partial charge in [-0.15, -0.1) is 0 Å². The van der Waals surface area contributed by atoms with Gasteiger partial charge in [0.15, 0.2) is 0 Å². The van der Waals surface area contributed by atoms with Crippen LogP contribution in [0.4, 0.5) is 5.69 Å². The summed E-state index contributed by atoms with van der Waals surface area (Å²) >= 11 is 0. The third-order valence-corrected chi connectivity index (χ3v) is 4.97. The molecule has 0 aromatic heterocycles. The minimum atomic E-state index is -3.77. The van der Waals surface area contributed by atoms with Gasteiger partial charge >= 0.3 is 0 Å². The highest BCUT2D eigenvalue weighted by Crippen LogP contribution is 2.26. The zero-order valence-electron chi connectivity index (χ0n) is 13.8. The Bertz CT molecular complexity index is 817. The molecule has 2 aromatic carbocycles. The minimum Gasteiger partial charge on any atom is -0.495 e. The molecule has 2 aromatic rings. The first-order valence-corrected chi connectivity index (χ1v) is 8.88. The van der Waals surface area contributed by atoms with Gasteiger partial charge in [-0.05, 0) is 43.3 Å². The third-order valence-electron chi connectivity index (χ3n) is 3.58. The lowest BCUT2D eigenvalue weighted by atomic mass is 10.2. The van der Waals surface area contributed by atoms with E-state index in [4.69, 9.17) is 4.74 Å². The largest absolute Gasteiger partial charge is 0.495 e. The van der Waals surface area contributed by atoms with Gasteiger partial charge in [0.25, 0.3) is 15.9 Å². The minimum absolute atomic E-state index is 0.0732. The van der Waals surface area contributed by atoms with Crippen LogP contribution >= 0.6 is 0 Å². The van der Waals surface area contributed by atoms with E-state index in [0.29, 0.717) is 23.5 Å². The molecule has 0 spiro atoms. The zero-order valence-corrected chi connectivity index (χ0v) is 14.6. The first kappa shape index (κ1) is 17.8. The molecule has 0 heterocycles. The maximum Gasteiger partial charge on any atom is 0.262 e. The molecule has 0 saturated heterocycles. The number of methoxy groups -OCH3 is 1. The van der Waals surface area contributed by atoms with E-state index in [0.717, 1.165) is 0 Å². The van der Waals surface area contributed by atoms with Crippen LogP contribution in [0.25, 0.3) is 0 Å². The van der Waals surface area contributed by atoms with Crippen molar-refractivity contribution < 1.29 is 17.9 Å². The molecule has 0 aliphatic rings. The fourth-order valence-corrected chi connectivity index (χ4v) is 3.14. The lowest BCUT2D eigenvalue weighted by Gasteiger charge is -2.15. The fraction of sp³-hybridized carbons (Fsp3) is 0.235. The second kappa shape index (κ2) is 7.35. The number of nitrogens with one attached hydrogen (secondary N) is 1. The molecule has 24 heavy (non-hydrogen) atoms. The second-order valence-corrected chi connectivity index (χ2v) is 6.83. The molecular weight excluding hydrogens is 328 g/mol. The summed E-state index contributed by atoms with van der Waals surface area (Å²) in [6.07, 6.45) is 0. The van der Waals surface area contributed by atoms with Crippen LogP contribution in [0.2, 0.25) is 0 Å². The molecule has 2 rings (SSSR count). The van der Waals surface area contributed by atoms with Crippen molar-refractivity contribution in [3.8, 4) is 5.75 Å². The molecule has 0 saturated carbocycles. The van der Waals surface area contributed by atoms with Crippen molar-refractivity contribution in [3.63, 3.8) is 0 Å². The van der Waals surface area contributed by atoms with Crippen LogP contribution in [0.15, 0.2) is 53.4 Å². The van der Waals surface area contributed by atoms with E-state index in [-0.39, 0.29) is 10.8 Å². The van der Waals surface area contributed by atoms with Gasteiger partial charge in [-0.1, -0.05) is 12.1 Å². The summed E-state index contributed by atoms with van der Waals surface area (Å²) in [5.74, 6) is 0.275. The molecule has 7 heteroatoms. The second-order valence-electron chi connectivity index (χ2n) is 5.15. The number of anilines is 1. The van der Waals surface area contributed by atoms with E-state index in [1.807, 2.05) is 6.92 Å². The molecule has 0 bridgehead atoms. The van der Waals surface area contributed by atoms with E-state index in [2.05, 4.69) is 4.72 Å². The summed E-state index contributed by atoms with van der Waals surface area (Å²) in [5, 5.41) is 0. The highest BCUT2D eigenvalue weighted by Gasteiger charge is 2.17. The maximum atomic E-state index is 12.5. The number of para-hydroxylation sites is 2. The van der Waals surface area contributed by atoms with Gasteiger partial charge in [-0.25, -0.2) is 8.42 Å². The smallest absolute Gasteiger partial charge is 0.262 e. The Balaban J connectivity index is 2.25. The summed E-state index contributed by atoms with van der Waals surface area (Å²) in [6.45, 7) is 2.45. The molecular formula is C17H20N2O4S. The zero-order chi connectivity index (χ0) is 17.7. The highest BCUT2D eigenvalue weighted by molar-refractivity contribution is 7.92. The summed E-state index contributed by atoms with van der Waals surface area (Å²) < 4.78 is 32.6. The first-order chi connectivity index (χ1) is 11.4. The molecule has 0 fully saturated rings. The number of carbonyl (C=O) groups is 1. The molecule has 0 aliphatic heterocycles. The van der Waals surface area contributed by atoms with Crippen molar-refractivity contribution in [3.05, 3.63) is 54.1 Å². The molecule has 0 atom stereocenters. The normalized spacial score (nSPS) is 11.0. The predicted molar refractivity (Wildman–Crippen MR) is 92.9 cm³/mol. The number of carbonyl (C=O) groups excluding carboxylic acids is 1. The van der Waals surface area contributed by atoms with Gasteiger partial charge in [0.2, 0.25) is 0 Å². The number of benzene rings is 2. The first-order valence-electron chi connectivity index (χ1n) is 7.40. The van der Waals surface area contributed by atoms with Crippen LogP contribution in [0.3, 0.4) is 0 Å². The number of ether oxygens (including phenoxy) is 1. The Kier molecular flexibility index (Phi) is 5.46. The van der Waals surface area contributed by atoms with Gasteiger partial charge < -0.3 is 9.64 Å². The van der Waals surface area contributed by atoms with Crippen LogP contribution in [0, 0.1) is 0 Å². The van der Waals surface area contributed by atoms with Crippen LogP contribution in [-0.2, 0) is 10.0 Å². The number of hydrogen-bond donors (Lipinski definition) is 1. The molecule has 1 amide bonds. The van der Waals surface area contributed by atoms with Crippen molar-refractivity contribution in [2.45, 2.75) is 11.8 Å². The Labute approximate surface area is 142 Å². The Morgan fingerprint density at radius 2 is 1.75 bits per heavy atom. The van der Waals surface area contributed by atoms with Crippen LogP contribution in [-0.4, -0.2) is 39.9 Å². The van der Waals surface area contributed by atoms with Crippen molar-refractivity contribution >= 4 is 21.6 Å². The van der Waals surface area contributed by atoms with Crippen molar-refractivity contribution in [1.29, 1.82) is 0 Å². The standard InChI is InChI=1S/C17H20N2O4S/c1-4-19(2)17(20)13-9-11-14(12-10-13)24(21,22)18-15-7-5-6-8-16(15)23-3/h5-12,18H,4H2,1-3H3. The highest BCUT2D eigenvalue weighted by atomic mass is 32.2. The molecule has 0 unspecified atom stereocenters. The molecule has 0 radical (unpaired) electrons. The predicted octanol–water partition coefficient (Wildman–Crippen LogP) is 2.59. The Morgan fingerprint density at radius 3 is 2.33 bits per heavy atom. The Morgan fingerprint density at radius 1 is 1.12 bits per heavy atom.